The lowest BCUT2D eigenvalue weighted by molar-refractivity contribution is 0.0491. The Balaban J connectivity index is 2.09. The third-order valence-electron chi connectivity index (χ3n) is 4.34. The van der Waals surface area contributed by atoms with E-state index in [0.29, 0.717) is 33.7 Å². The molecule has 2 aromatic heterocycles. The van der Waals surface area contributed by atoms with Crippen LogP contribution in [0, 0.1) is 20.8 Å². The number of rotatable bonds is 5. The Hall–Kier alpha value is -2.81. The van der Waals surface area contributed by atoms with Crippen LogP contribution < -0.4 is 4.31 Å². The molecule has 3 aromatic rings. The van der Waals surface area contributed by atoms with Gasteiger partial charge in [-0.15, -0.1) is 0 Å². The van der Waals surface area contributed by atoms with E-state index in [4.69, 9.17) is 13.7 Å². The predicted octanol–water partition coefficient (Wildman–Crippen LogP) is 3.35. The summed E-state index contributed by atoms with van der Waals surface area (Å²) < 4.78 is 42.9. The highest BCUT2D eigenvalue weighted by Gasteiger charge is 2.28. The maximum absolute atomic E-state index is 13.1. The lowest BCUT2D eigenvalue weighted by Crippen LogP contribution is -2.27. The SMILES string of the molecule is CCOC(=O)c1oc2ccc(S(=O)(=O)N(C)c3c(C)noc3C)cc2c1C. The second-order valence-corrected chi connectivity index (χ2v) is 8.05. The van der Waals surface area contributed by atoms with Gasteiger partial charge in [0.25, 0.3) is 10.0 Å². The topological polar surface area (TPSA) is 103 Å². The summed E-state index contributed by atoms with van der Waals surface area (Å²) in [5, 5.41) is 4.33. The molecule has 0 aliphatic heterocycles. The number of carbonyl (C=O) groups excluding carboxylic acids is 1. The molecule has 0 radical (unpaired) electrons. The molecule has 0 aliphatic carbocycles. The fourth-order valence-electron chi connectivity index (χ4n) is 2.96. The van der Waals surface area contributed by atoms with Gasteiger partial charge in [-0.05, 0) is 45.9 Å². The number of nitrogens with zero attached hydrogens (tertiary/aromatic N) is 2. The highest BCUT2D eigenvalue weighted by molar-refractivity contribution is 7.92. The van der Waals surface area contributed by atoms with E-state index in [1.165, 1.54) is 25.2 Å². The number of sulfonamides is 1. The van der Waals surface area contributed by atoms with Crippen LogP contribution in [0.25, 0.3) is 11.0 Å². The van der Waals surface area contributed by atoms with E-state index in [1.807, 2.05) is 0 Å². The van der Waals surface area contributed by atoms with Crippen LogP contribution in [0.1, 0.15) is 34.5 Å². The largest absolute Gasteiger partial charge is 0.460 e. The van der Waals surface area contributed by atoms with E-state index in [9.17, 15) is 13.2 Å². The summed E-state index contributed by atoms with van der Waals surface area (Å²) in [7, 11) is -2.42. The Kier molecular flexibility index (Phi) is 4.73. The van der Waals surface area contributed by atoms with Gasteiger partial charge in [-0.2, -0.15) is 0 Å². The summed E-state index contributed by atoms with van der Waals surface area (Å²) in [5.41, 5.74) is 1.81. The van der Waals surface area contributed by atoms with Gasteiger partial charge in [0.2, 0.25) is 5.76 Å². The van der Waals surface area contributed by atoms with Crippen molar-refractivity contribution in [1.82, 2.24) is 5.16 Å². The molecule has 3 rings (SSSR count). The first kappa shape index (κ1) is 19.0. The summed E-state index contributed by atoms with van der Waals surface area (Å²) in [6.45, 7) is 6.93. The molecule has 0 spiro atoms. The summed E-state index contributed by atoms with van der Waals surface area (Å²) in [6.07, 6.45) is 0. The average molecular weight is 392 g/mol. The zero-order chi connectivity index (χ0) is 19.9. The number of ether oxygens (including phenoxy) is 1. The standard InChI is InChI=1S/C18H20N2O6S/c1-6-24-18(21)17-10(2)14-9-13(7-8-15(14)25-17)27(22,23)20(5)16-11(3)19-26-12(16)4/h7-9H,6H2,1-5H3. The minimum Gasteiger partial charge on any atom is -0.460 e. The van der Waals surface area contributed by atoms with E-state index in [-0.39, 0.29) is 17.3 Å². The Bertz CT molecular complexity index is 1110. The maximum Gasteiger partial charge on any atom is 0.374 e. The Morgan fingerprint density at radius 1 is 1.26 bits per heavy atom. The fourth-order valence-corrected chi connectivity index (χ4v) is 4.28. The van der Waals surface area contributed by atoms with Gasteiger partial charge >= 0.3 is 5.97 Å². The number of anilines is 1. The molecule has 0 N–H and O–H groups in total. The predicted molar refractivity (Wildman–Crippen MR) is 98.5 cm³/mol. The molecule has 0 aliphatic rings. The lowest BCUT2D eigenvalue weighted by atomic mass is 10.1. The van der Waals surface area contributed by atoms with Crippen LogP contribution in [0.3, 0.4) is 0 Å². The van der Waals surface area contributed by atoms with E-state index in [0.717, 1.165) is 4.31 Å². The van der Waals surface area contributed by atoms with Gasteiger partial charge in [0.1, 0.15) is 17.0 Å². The van der Waals surface area contributed by atoms with Gasteiger partial charge in [0.15, 0.2) is 5.76 Å². The van der Waals surface area contributed by atoms with E-state index >= 15 is 0 Å². The summed E-state index contributed by atoms with van der Waals surface area (Å²) in [5.74, 6) is -0.104. The van der Waals surface area contributed by atoms with Crippen LogP contribution in [-0.4, -0.2) is 33.2 Å². The molecule has 27 heavy (non-hydrogen) atoms. The molecule has 144 valence electrons. The van der Waals surface area contributed by atoms with Gasteiger partial charge in [0.05, 0.1) is 11.5 Å². The molecule has 0 fully saturated rings. The monoisotopic (exact) mass is 392 g/mol. The number of carbonyl (C=O) groups is 1. The smallest absolute Gasteiger partial charge is 0.374 e. The number of aromatic nitrogens is 1. The molecule has 1 aromatic carbocycles. The molecule has 0 saturated heterocycles. The van der Waals surface area contributed by atoms with Crippen molar-refractivity contribution in [2.75, 3.05) is 18.0 Å². The zero-order valence-corrected chi connectivity index (χ0v) is 16.5. The van der Waals surface area contributed by atoms with Gasteiger partial charge in [0, 0.05) is 18.0 Å². The van der Waals surface area contributed by atoms with Crippen molar-refractivity contribution in [3.8, 4) is 0 Å². The molecule has 2 heterocycles. The lowest BCUT2D eigenvalue weighted by Gasteiger charge is -2.18. The van der Waals surface area contributed by atoms with Crippen molar-refractivity contribution in [1.29, 1.82) is 0 Å². The molecule has 0 bridgehead atoms. The van der Waals surface area contributed by atoms with E-state index in [2.05, 4.69) is 5.16 Å². The number of hydrogen-bond donors (Lipinski definition) is 0. The van der Waals surface area contributed by atoms with Crippen molar-refractivity contribution < 1.29 is 26.9 Å². The Labute approximate surface area is 156 Å². The molecule has 0 atom stereocenters. The second kappa shape index (κ2) is 6.73. The van der Waals surface area contributed by atoms with Crippen LogP contribution in [-0.2, 0) is 14.8 Å². The summed E-state index contributed by atoms with van der Waals surface area (Å²) in [4.78, 5) is 12.1. The second-order valence-electron chi connectivity index (χ2n) is 6.08. The van der Waals surface area contributed by atoms with Gasteiger partial charge in [-0.3, -0.25) is 4.31 Å². The van der Waals surface area contributed by atoms with Crippen LogP contribution >= 0.6 is 0 Å². The van der Waals surface area contributed by atoms with E-state index in [1.54, 1.807) is 27.7 Å². The van der Waals surface area contributed by atoms with Crippen molar-refractivity contribution >= 4 is 32.6 Å². The summed E-state index contributed by atoms with van der Waals surface area (Å²) in [6, 6.07) is 4.45. The van der Waals surface area contributed by atoms with Crippen LogP contribution in [0.4, 0.5) is 5.69 Å². The molecule has 0 amide bonds. The van der Waals surface area contributed by atoms with E-state index < -0.39 is 16.0 Å². The number of aryl methyl sites for hydroxylation is 3. The van der Waals surface area contributed by atoms with Crippen LogP contribution in [0.2, 0.25) is 0 Å². The first-order valence-electron chi connectivity index (χ1n) is 8.30. The van der Waals surface area contributed by atoms with Crippen LogP contribution in [0.15, 0.2) is 32.0 Å². The fraction of sp³-hybridized carbons (Fsp3) is 0.333. The quantitative estimate of drug-likeness (QED) is 0.613. The number of fused-ring (bicyclic) bond motifs is 1. The number of esters is 1. The van der Waals surface area contributed by atoms with Crippen molar-refractivity contribution in [2.45, 2.75) is 32.6 Å². The molecule has 0 saturated carbocycles. The first-order valence-corrected chi connectivity index (χ1v) is 9.74. The highest BCUT2D eigenvalue weighted by atomic mass is 32.2. The molecule has 9 heteroatoms. The molecule has 0 unspecified atom stereocenters. The number of furan rings is 1. The van der Waals surface area contributed by atoms with Crippen LogP contribution in [0.5, 0.6) is 0 Å². The average Bonchev–Trinajstić information content (AvgIpc) is 3.13. The first-order chi connectivity index (χ1) is 12.7. The Morgan fingerprint density at radius 3 is 2.56 bits per heavy atom. The van der Waals surface area contributed by atoms with Gasteiger partial charge in [-0.1, -0.05) is 5.16 Å². The third kappa shape index (κ3) is 3.08. The highest BCUT2D eigenvalue weighted by Crippen LogP contribution is 2.32. The zero-order valence-electron chi connectivity index (χ0n) is 15.7. The molecular weight excluding hydrogens is 372 g/mol. The Morgan fingerprint density at radius 2 is 1.96 bits per heavy atom. The minimum atomic E-state index is -3.86. The van der Waals surface area contributed by atoms with Crippen molar-refractivity contribution in [3.63, 3.8) is 0 Å². The summed E-state index contributed by atoms with van der Waals surface area (Å²) >= 11 is 0. The molecule has 8 nitrogen and oxygen atoms in total. The van der Waals surface area contributed by atoms with Gasteiger partial charge < -0.3 is 13.7 Å². The maximum atomic E-state index is 13.1. The molecular formula is C18H20N2O6S. The number of benzene rings is 1. The van der Waals surface area contributed by atoms with Crippen molar-refractivity contribution in [2.24, 2.45) is 0 Å². The van der Waals surface area contributed by atoms with Gasteiger partial charge in [-0.25, -0.2) is 13.2 Å². The normalized spacial score (nSPS) is 11.7. The number of hydrogen-bond acceptors (Lipinski definition) is 7. The minimum absolute atomic E-state index is 0.0665. The van der Waals surface area contributed by atoms with Crippen molar-refractivity contribution in [3.05, 3.63) is 41.0 Å². The third-order valence-corrected chi connectivity index (χ3v) is 6.09.